The maximum absolute atomic E-state index is 12.8. The van der Waals surface area contributed by atoms with Gasteiger partial charge in [-0.2, -0.15) is 0 Å². The van der Waals surface area contributed by atoms with E-state index in [0.29, 0.717) is 5.92 Å². The number of rotatable bonds is 5. The first kappa shape index (κ1) is 18.4. The average Bonchev–Trinajstić information content (AvgIpc) is 2.68. The van der Waals surface area contributed by atoms with Crippen molar-refractivity contribution in [3.63, 3.8) is 0 Å². The molecule has 1 amide bonds. The molecule has 0 fully saturated rings. The van der Waals surface area contributed by atoms with Crippen LogP contribution >= 0.6 is 0 Å². The summed E-state index contributed by atoms with van der Waals surface area (Å²) in [5, 5.41) is 3.13. The Kier molecular flexibility index (Phi) is 5.89. The van der Waals surface area contributed by atoms with Gasteiger partial charge in [0.15, 0.2) is 0 Å². The maximum atomic E-state index is 12.8. The van der Waals surface area contributed by atoms with Crippen LogP contribution in [-0.4, -0.2) is 29.9 Å². The lowest BCUT2D eigenvalue weighted by molar-refractivity contribution is -0.120. The quantitative estimate of drug-likeness (QED) is 0.831. The second kappa shape index (κ2) is 8.33. The third-order valence-corrected chi connectivity index (χ3v) is 5.15. The predicted molar refractivity (Wildman–Crippen MR) is 109 cm³/mol. The fourth-order valence-electron chi connectivity index (χ4n) is 3.47. The molecule has 1 aliphatic rings. The van der Waals surface area contributed by atoms with Gasteiger partial charge in [0, 0.05) is 18.8 Å². The van der Waals surface area contributed by atoms with Crippen molar-refractivity contribution in [1.29, 1.82) is 0 Å². The van der Waals surface area contributed by atoms with Gasteiger partial charge in [-0.3, -0.25) is 9.69 Å². The Hall–Kier alpha value is -2.39. The summed E-state index contributed by atoms with van der Waals surface area (Å²) >= 11 is 0. The SMILES string of the molecule is CC(C)c1ccccc1NC(=O)[C@@H](C)N1CC=C(c2ccccc2)CC1. The largest absolute Gasteiger partial charge is 0.324 e. The minimum Gasteiger partial charge on any atom is -0.324 e. The van der Waals surface area contributed by atoms with Crippen LogP contribution in [0.4, 0.5) is 5.69 Å². The second-order valence-electron chi connectivity index (χ2n) is 7.25. The molecule has 26 heavy (non-hydrogen) atoms. The van der Waals surface area contributed by atoms with E-state index in [1.807, 2.05) is 31.2 Å². The van der Waals surface area contributed by atoms with E-state index in [0.717, 1.165) is 25.2 Å². The van der Waals surface area contributed by atoms with E-state index in [1.165, 1.54) is 16.7 Å². The molecule has 0 saturated heterocycles. The molecule has 0 spiro atoms. The lowest BCUT2D eigenvalue weighted by Crippen LogP contribution is -2.44. The number of amides is 1. The van der Waals surface area contributed by atoms with Gasteiger partial charge in [-0.1, -0.05) is 68.5 Å². The summed E-state index contributed by atoms with van der Waals surface area (Å²) in [7, 11) is 0. The molecule has 0 radical (unpaired) electrons. The van der Waals surface area contributed by atoms with Gasteiger partial charge >= 0.3 is 0 Å². The number of carbonyl (C=O) groups is 1. The first-order valence-electron chi connectivity index (χ1n) is 9.44. The van der Waals surface area contributed by atoms with E-state index in [4.69, 9.17) is 0 Å². The number of hydrogen-bond acceptors (Lipinski definition) is 2. The summed E-state index contributed by atoms with van der Waals surface area (Å²) in [5.74, 6) is 0.447. The normalized spacial score (nSPS) is 16.2. The number of nitrogens with zero attached hydrogens (tertiary/aromatic N) is 1. The fraction of sp³-hybridized carbons (Fsp3) is 0.348. The molecule has 0 saturated carbocycles. The Morgan fingerprint density at radius 3 is 2.35 bits per heavy atom. The highest BCUT2D eigenvalue weighted by Gasteiger charge is 2.24. The first-order chi connectivity index (χ1) is 12.6. The van der Waals surface area contributed by atoms with Crippen LogP contribution in [0.2, 0.25) is 0 Å². The third kappa shape index (κ3) is 4.23. The molecule has 3 rings (SSSR count). The lowest BCUT2D eigenvalue weighted by Gasteiger charge is -2.31. The zero-order chi connectivity index (χ0) is 18.5. The van der Waals surface area contributed by atoms with Gasteiger partial charge in [0.1, 0.15) is 0 Å². The van der Waals surface area contributed by atoms with Crippen molar-refractivity contribution < 1.29 is 4.79 Å². The summed E-state index contributed by atoms with van der Waals surface area (Å²) in [6, 6.07) is 18.4. The summed E-state index contributed by atoms with van der Waals surface area (Å²) in [5.41, 5.74) is 4.77. The molecule has 136 valence electrons. The Bertz CT molecular complexity index is 780. The van der Waals surface area contributed by atoms with Crippen LogP contribution in [0.1, 0.15) is 44.2 Å². The van der Waals surface area contributed by atoms with E-state index in [1.54, 1.807) is 0 Å². The molecule has 1 heterocycles. The van der Waals surface area contributed by atoms with E-state index in [2.05, 4.69) is 60.5 Å². The number of carbonyl (C=O) groups excluding carboxylic acids is 1. The van der Waals surface area contributed by atoms with E-state index in [9.17, 15) is 4.79 Å². The summed E-state index contributed by atoms with van der Waals surface area (Å²) in [4.78, 5) is 15.0. The number of nitrogens with one attached hydrogen (secondary N) is 1. The van der Waals surface area contributed by atoms with Crippen molar-refractivity contribution in [2.75, 3.05) is 18.4 Å². The molecule has 1 atom stereocenters. The smallest absolute Gasteiger partial charge is 0.241 e. The van der Waals surface area contributed by atoms with Crippen molar-refractivity contribution in [3.8, 4) is 0 Å². The monoisotopic (exact) mass is 348 g/mol. The minimum absolute atomic E-state index is 0.0645. The molecule has 0 unspecified atom stereocenters. The molecule has 3 nitrogen and oxygen atoms in total. The van der Waals surface area contributed by atoms with Crippen LogP contribution < -0.4 is 5.32 Å². The molecule has 1 N–H and O–H groups in total. The van der Waals surface area contributed by atoms with Gasteiger partial charge in [0.25, 0.3) is 0 Å². The van der Waals surface area contributed by atoms with Crippen LogP contribution in [0.5, 0.6) is 0 Å². The highest BCUT2D eigenvalue weighted by Crippen LogP contribution is 2.25. The summed E-state index contributed by atoms with van der Waals surface area (Å²) in [6.07, 6.45) is 3.23. The first-order valence-corrected chi connectivity index (χ1v) is 9.44. The van der Waals surface area contributed by atoms with Crippen molar-refractivity contribution in [3.05, 3.63) is 71.8 Å². The molecule has 2 aromatic rings. The number of hydrogen-bond donors (Lipinski definition) is 1. The number of benzene rings is 2. The van der Waals surface area contributed by atoms with Crippen LogP contribution in [0.3, 0.4) is 0 Å². The second-order valence-corrected chi connectivity index (χ2v) is 7.25. The zero-order valence-electron chi connectivity index (χ0n) is 15.9. The van der Waals surface area contributed by atoms with Gasteiger partial charge in [-0.15, -0.1) is 0 Å². The lowest BCUT2D eigenvalue weighted by atomic mass is 9.98. The van der Waals surface area contributed by atoms with E-state index >= 15 is 0 Å². The summed E-state index contributed by atoms with van der Waals surface area (Å²) < 4.78 is 0. The number of anilines is 1. The number of para-hydroxylation sites is 1. The van der Waals surface area contributed by atoms with Crippen molar-refractivity contribution in [1.82, 2.24) is 4.90 Å². The highest BCUT2D eigenvalue weighted by molar-refractivity contribution is 5.95. The molecule has 2 aromatic carbocycles. The van der Waals surface area contributed by atoms with Crippen molar-refractivity contribution in [2.24, 2.45) is 0 Å². The Labute approximate surface area is 156 Å². The highest BCUT2D eigenvalue weighted by atomic mass is 16.2. The molecule has 0 aliphatic carbocycles. The Morgan fingerprint density at radius 1 is 1.00 bits per heavy atom. The van der Waals surface area contributed by atoms with Gasteiger partial charge in [-0.05, 0) is 42.0 Å². The molecule has 3 heteroatoms. The average molecular weight is 348 g/mol. The fourth-order valence-corrected chi connectivity index (χ4v) is 3.47. The van der Waals surface area contributed by atoms with Crippen LogP contribution in [0.15, 0.2) is 60.7 Å². The summed E-state index contributed by atoms with van der Waals surface area (Å²) in [6.45, 7) is 8.00. The maximum Gasteiger partial charge on any atom is 0.241 e. The van der Waals surface area contributed by atoms with Crippen molar-refractivity contribution in [2.45, 2.75) is 39.2 Å². The molecule has 0 bridgehead atoms. The Balaban J connectivity index is 1.64. The van der Waals surface area contributed by atoms with E-state index < -0.39 is 0 Å². The standard InChI is InChI=1S/C23H28N2O/c1-17(2)21-11-7-8-12-22(21)24-23(26)18(3)25-15-13-20(14-16-25)19-9-5-4-6-10-19/h4-13,17-18H,14-16H2,1-3H3,(H,24,26)/t18-/m1/s1. The minimum atomic E-state index is -0.149. The van der Waals surface area contributed by atoms with Gasteiger partial charge in [-0.25, -0.2) is 0 Å². The van der Waals surface area contributed by atoms with Gasteiger partial charge < -0.3 is 5.32 Å². The predicted octanol–water partition coefficient (Wildman–Crippen LogP) is 4.93. The Morgan fingerprint density at radius 2 is 1.69 bits per heavy atom. The third-order valence-electron chi connectivity index (χ3n) is 5.15. The van der Waals surface area contributed by atoms with Crippen LogP contribution in [0.25, 0.3) is 5.57 Å². The van der Waals surface area contributed by atoms with Gasteiger partial charge in [0.05, 0.1) is 6.04 Å². The zero-order valence-corrected chi connectivity index (χ0v) is 15.9. The molecule has 1 aliphatic heterocycles. The molecule has 0 aromatic heterocycles. The molecular formula is C23H28N2O. The van der Waals surface area contributed by atoms with Crippen LogP contribution in [0, 0.1) is 0 Å². The van der Waals surface area contributed by atoms with Crippen LogP contribution in [-0.2, 0) is 4.79 Å². The van der Waals surface area contributed by atoms with E-state index in [-0.39, 0.29) is 11.9 Å². The van der Waals surface area contributed by atoms with Crippen molar-refractivity contribution >= 4 is 17.2 Å². The molecular weight excluding hydrogens is 320 g/mol. The van der Waals surface area contributed by atoms with Gasteiger partial charge in [0.2, 0.25) is 5.91 Å². The topological polar surface area (TPSA) is 32.3 Å².